The van der Waals surface area contributed by atoms with Crippen LogP contribution >= 0.6 is 43.6 Å². The third-order valence-electron chi connectivity index (χ3n) is 2.37. The van der Waals surface area contributed by atoms with Crippen LogP contribution < -0.4 is 5.73 Å². The van der Waals surface area contributed by atoms with E-state index in [1.165, 1.54) is 6.07 Å². The van der Waals surface area contributed by atoms with E-state index < -0.39 is 0 Å². The van der Waals surface area contributed by atoms with E-state index in [9.17, 15) is 4.39 Å². The number of rotatable bonds is 3. The second kappa shape index (κ2) is 6.08. The number of nitrogen functional groups attached to an aromatic ring is 1. The SMILES string of the molecule is Nc1ccc(SCc2cccc(F)c2Br)c(Br)c1. The zero-order valence-electron chi connectivity index (χ0n) is 9.29. The first-order valence-electron chi connectivity index (χ1n) is 5.18. The van der Waals surface area contributed by atoms with Gasteiger partial charge >= 0.3 is 0 Å². The van der Waals surface area contributed by atoms with Gasteiger partial charge < -0.3 is 5.73 Å². The van der Waals surface area contributed by atoms with Gasteiger partial charge in [-0.15, -0.1) is 11.8 Å². The van der Waals surface area contributed by atoms with Crippen LogP contribution in [0.1, 0.15) is 5.56 Å². The molecule has 1 nitrogen and oxygen atoms in total. The fourth-order valence-electron chi connectivity index (χ4n) is 1.45. The average molecular weight is 391 g/mol. The predicted molar refractivity (Wildman–Crippen MR) is 82.2 cm³/mol. The number of thioether (sulfide) groups is 1. The summed E-state index contributed by atoms with van der Waals surface area (Å²) in [6.07, 6.45) is 0. The van der Waals surface area contributed by atoms with Gasteiger partial charge in [0.15, 0.2) is 0 Å². The van der Waals surface area contributed by atoms with Gasteiger partial charge in [0.1, 0.15) is 5.82 Å². The van der Waals surface area contributed by atoms with Crippen LogP contribution in [-0.2, 0) is 5.75 Å². The van der Waals surface area contributed by atoms with Crippen molar-refractivity contribution < 1.29 is 4.39 Å². The number of hydrogen-bond acceptors (Lipinski definition) is 2. The Kier molecular flexibility index (Phi) is 4.70. The minimum atomic E-state index is -0.232. The van der Waals surface area contributed by atoms with Crippen LogP contribution in [0.15, 0.2) is 50.2 Å². The molecule has 0 bridgehead atoms. The molecule has 18 heavy (non-hydrogen) atoms. The zero-order chi connectivity index (χ0) is 13.1. The quantitative estimate of drug-likeness (QED) is 0.573. The molecule has 0 amide bonds. The number of anilines is 1. The van der Waals surface area contributed by atoms with Crippen LogP contribution in [0.25, 0.3) is 0 Å². The molecular weight excluding hydrogens is 381 g/mol. The summed E-state index contributed by atoms with van der Waals surface area (Å²) in [6, 6.07) is 10.7. The Hall–Kier alpha value is -0.520. The van der Waals surface area contributed by atoms with E-state index in [0.717, 1.165) is 20.6 Å². The van der Waals surface area contributed by atoms with Crippen molar-refractivity contribution in [2.24, 2.45) is 0 Å². The second-order valence-corrected chi connectivity index (χ2v) is 6.36. The molecule has 0 unspecified atom stereocenters. The van der Waals surface area contributed by atoms with Crippen molar-refractivity contribution in [3.63, 3.8) is 0 Å². The lowest BCUT2D eigenvalue weighted by molar-refractivity contribution is 0.619. The van der Waals surface area contributed by atoms with Gasteiger partial charge in [-0.25, -0.2) is 4.39 Å². The molecule has 0 aliphatic rings. The summed E-state index contributed by atoms with van der Waals surface area (Å²) in [7, 11) is 0. The van der Waals surface area contributed by atoms with E-state index in [-0.39, 0.29) is 5.82 Å². The number of nitrogens with two attached hydrogens (primary N) is 1. The number of halogens is 3. The lowest BCUT2D eigenvalue weighted by Crippen LogP contribution is -1.88. The maximum atomic E-state index is 13.4. The van der Waals surface area contributed by atoms with Gasteiger partial charge in [-0.1, -0.05) is 12.1 Å². The molecule has 0 fully saturated rings. The molecular formula is C13H10Br2FNS. The fraction of sp³-hybridized carbons (Fsp3) is 0.0769. The minimum absolute atomic E-state index is 0.232. The molecule has 2 N–H and O–H groups in total. The first-order chi connectivity index (χ1) is 8.58. The zero-order valence-corrected chi connectivity index (χ0v) is 13.3. The van der Waals surface area contributed by atoms with E-state index >= 15 is 0 Å². The maximum Gasteiger partial charge on any atom is 0.137 e. The van der Waals surface area contributed by atoms with Crippen LogP contribution in [0.4, 0.5) is 10.1 Å². The Morgan fingerprint density at radius 3 is 2.67 bits per heavy atom. The van der Waals surface area contributed by atoms with E-state index in [1.807, 2.05) is 24.3 Å². The number of benzene rings is 2. The smallest absolute Gasteiger partial charge is 0.137 e. The Morgan fingerprint density at radius 2 is 1.94 bits per heavy atom. The fourth-order valence-corrected chi connectivity index (χ4v) is 3.69. The van der Waals surface area contributed by atoms with E-state index in [1.54, 1.807) is 17.8 Å². The van der Waals surface area contributed by atoms with E-state index in [0.29, 0.717) is 10.2 Å². The molecule has 5 heteroatoms. The highest BCUT2D eigenvalue weighted by Gasteiger charge is 2.07. The number of hydrogen-bond donors (Lipinski definition) is 1. The van der Waals surface area contributed by atoms with E-state index in [2.05, 4.69) is 31.9 Å². The lowest BCUT2D eigenvalue weighted by Gasteiger charge is -2.07. The average Bonchev–Trinajstić information content (AvgIpc) is 2.33. The van der Waals surface area contributed by atoms with Crippen molar-refractivity contribution in [1.29, 1.82) is 0 Å². The molecule has 0 heterocycles. The molecule has 0 atom stereocenters. The van der Waals surface area contributed by atoms with Gasteiger partial charge in [0, 0.05) is 20.8 Å². The Bertz CT molecular complexity index is 575. The predicted octanol–water partition coefficient (Wildman–Crippen LogP) is 5.23. The summed E-state index contributed by atoms with van der Waals surface area (Å²) < 4.78 is 14.8. The first kappa shape index (κ1) is 13.9. The van der Waals surface area contributed by atoms with Gasteiger partial charge in [-0.2, -0.15) is 0 Å². The normalized spacial score (nSPS) is 10.6. The highest BCUT2D eigenvalue weighted by molar-refractivity contribution is 9.10. The van der Waals surface area contributed by atoms with Crippen molar-refractivity contribution in [3.05, 3.63) is 56.7 Å². The largest absolute Gasteiger partial charge is 0.399 e. The van der Waals surface area contributed by atoms with Crippen LogP contribution in [0.2, 0.25) is 0 Å². The van der Waals surface area contributed by atoms with E-state index in [4.69, 9.17) is 5.73 Å². The monoisotopic (exact) mass is 389 g/mol. The molecule has 0 aliphatic heterocycles. The minimum Gasteiger partial charge on any atom is -0.399 e. The van der Waals surface area contributed by atoms with Crippen molar-refractivity contribution in [2.45, 2.75) is 10.6 Å². The van der Waals surface area contributed by atoms with Crippen LogP contribution in [0.5, 0.6) is 0 Å². The molecule has 94 valence electrons. The maximum absolute atomic E-state index is 13.4. The van der Waals surface area contributed by atoms with Crippen molar-refractivity contribution in [1.82, 2.24) is 0 Å². The molecule has 2 rings (SSSR count). The molecule has 2 aromatic carbocycles. The standard InChI is InChI=1S/C13H10Br2FNS/c14-10-6-9(17)4-5-12(10)18-7-8-2-1-3-11(16)13(8)15/h1-6H,7,17H2. The topological polar surface area (TPSA) is 26.0 Å². The van der Waals surface area contributed by atoms with Gasteiger partial charge in [-0.05, 0) is 61.7 Å². The summed E-state index contributed by atoms with van der Waals surface area (Å²) in [5.74, 6) is 0.463. The molecule has 0 aliphatic carbocycles. The molecule has 0 radical (unpaired) electrons. The summed E-state index contributed by atoms with van der Waals surface area (Å²) in [4.78, 5) is 1.08. The summed E-state index contributed by atoms with van der Waals surface area (Å²) in [5.41, 5.74) is 7.34. The molecule has 2 aromatic rings. The highest BCUT2D eigenvalue weighted by Crippen LogP contribution is 2.33. The van der Waals surface area contributed by atoms with Gasteiger partial charge in [-0.3, -0.25) is 0 Å². The molecule has 0 aromatic heterocycles. The van der Waals surface area contributed by atoms with Crippen LogP contribution in [0, 0.1) is 5.82 Å². The Labute approximate surface area is 126 Å². The summed E-state index contributed by atoms with van der Waals surface area (Å²) in [5, 5.41) is 0. The second-order valence-electron chi connectivity index (χ2n) is 3.69. The van der Waals surface area contributed by atoms with Crippen molar-refractivity contribution in [3.8, 4) is 0 Å². The van der Waals surface area contributed by atoms with Crippen LogP contribution in [-0.4, -0.2) is 0 Å². The van der Waals surface area contributed by atoms with Crippen LogP contribution in [0.3, 0.4) is 0 Å². The molecule has 0 saturated carbocycles. The van der Waals surface area contributed by atoms with Crippen molar-refractivity contribution in [2.75, 3.05) is 5.73 Å². The summed E-state index contributed by atoms with van der Waals surface area (Å²) >= 11 is 8.36. The third-order valence-corrected chi connectivity index (χ3v) is 5.30. The third kappa shape index (κ3) is 3.28. The Morgan fingerprint density at radius 1 is 1.17 bits per heavy atom. The highest BCUT2D eigenvalue weighted by atomic mass is 79.9. The van der Waals surface area contributed by atoms with Crippen molar-refractivity contribution >= 4 is 49.3 Å². The first-order valence-corrected chi connectivity index (χ1v) is 7.76. The van der Waals surface area contributed by atoms with Gasteiger partial charge in [0.2, 0.25) is 0 Å². The molecule has 0 spiro atoms. The Balaban J connectivity index is 2.14. The van der Waals surface area contributed by atoms with Gasteiger partial charge in [0.05, 0.1) is 4.47 Å². The lowest BCUT2D eigenvalue weighted by atomic mass is 10.2. The molecule has 0 saturated heterocycles. The summed E-state index contributed by atoms with van der Waals surface area (Å²) in [6.45, 7) is 0. The van der Waals surface area contributed by atoms with Gasteiger partial charge in [0.25, 0.3) is 0 Å².